The predicted molar refractivity (Wildman–Crippen MR) is 110 cm³/mol. The first-order chi connectivity index (χ1) is 14.0. The standard InChI is InChI=1S/C20H23ClN4O4/c21-18-17(23-14-8-11-29-20(12-14)9-2-1-3-10-20)13-22-24(19(18)26)15-4-6-16(7-5-15)25(27)28/h4-7,13-14,23H,1-3,8-12H2. The molecule has 0 amide bonds. The van der Waals surface area contributed by atoms with Gasteiger partial charge in [-0.15, -0.1) is 0 Å². The van der Waals surface area contributed by atoms with Crippen LogP contribution in [0.4, 0.5) is 11.4 Å². The van der Waals surface area contributed by atoms with Crippen LogP contribution in [0.1, 0.15) is 44.9 Å². The lowest BCUT2D eigenvalue weighted by Gasteiger charge is -2.43. The summed E-state index contributed by atoms with van der Waals surface area (Å²) in [5, 5.41) is 18.5. The fraction of sp³-hybridized carbons (Fsp3) is 0.500. The van der Waals surface area contributed by atoms with E-state index in [1.54, 1.807) is 0 Å². The summed E-state index contributed by atoms with van der Waals surface area (Å²) in [6.07, 6.45) is 9.10. The van der Waals surface area contributed by atoms with E-state index in [0.29, 0.717) is 18.0 Å². The van der Waals surface area contributed by atoms with Crippen molar-refractivity contribution in [3.05, 3.63) is 56.0 Å². The third-order valence-electron chi connectivity index (χ3n) is 5.84. The maximum Gasteiger partial charge on any atom is 0.292 e. The lowest BCUT2D eigenvalue weighted by atomic mass is 9.78. The fourth-order valence-electron chi connectivity index (χ4n) is 4.35. The van der Waals surface area contributed by atoms with Crippen LogP contribution >= 0.6 is 11.6 Å². The number of nitrogens with zero attached hydrogens (tertiary/aromatic N) is 3. The highest BCUT2D eigenvalue weighted by Crippen LogP contribution is 2.39. The van der Waals surface area contributed by atoms with E-state index in [1.807, 2.05) is 0 Å². The largest absolute Gasteiger partial charge is 0.379 e. The van der Waals surface area contributed by atoms with Gasteiger partial charge in [0.15, 0.2) is 0 Å². The molecule has 1 spiro atoms. The normalized spacial score (nSPS) is 21.1. The molecule has 1 aliphatic heterocycles. The molecule has 2 aromatic rings. The maximum absolute atomic E-state index is 12.7. The van der Waals surface area contributed by atoms with E-state index in [4.69, 9.17) is 16.3 Å². The van der Waals surface area contributed by atoms with Gasteiger partial charge in [-0.2, -0.15) is 9.78 Å². The molecule has 2 aliphatic rings. The zero-order valence-corrected chi connectivity index (χ0v) is 16.7. The van der Waals surface area contributed by atoms with E-state index in [1.165, 1.54) is 49.7 Å². The van der Waals surface area contributed by atoms with Crippen molar-refractivity contribution >= 4 is 23.0 Å². The van der Waals surface area contributed by atoms with Crippen LogP contribution in [0.3, 0.4) is 0 Å². The summed E-state index contributed by atoms with van der Waals surface area (Å²) in [6, 6.07) is 5.78. The van der Waals surface area contributed by atoms with Gasteiger partial charge in [0.25, 0.3) is 11.2 Å². The monoisotopic (exact) mass is 418 g/mol. The molecule has 1 aromatic carbocycles. The first kappa shape index (κ1) is 19.8. The molecule has 29 heavy (non-hydrogen) atoms. The summed E-state index contributed by atoms with van der Waals surface area (Å²) in [5.41, 5.74) is 0.350. The van der Waals surface area contributed by atoms with Crippen LogP contribution in [-0.2, 0) is 4.74 Å². The number of benzene rings is 1. The fourth-order valence-corrected chi connectivity index (χ4v) is 4.53. The summed E-state index contributed by atoms with van der Waals surface area (Å²) < 4.78 is 7.27. The van der Waals surface area contributed by atoms with Gasteiger partial charge >= 0.3 is 0 Å². The van der Waals surface area contributed by atoms with Gasteiger partial charge in [0.05, 0.1) is 28.1 Å². The molecule has 9 heteroatoms. The minimum atomic E-state index is -0.493. The van der Waals surface area contributed by atoms with Crippen molar-refractivity contribution in [2.24, 2.45) is 0 Å². The van der Waals surface area contributed by atoms with Crippen LogP contribution in [-0.4, -0.2) is 33.0 Å². The van der Waals surface area contributed by atoms with Crippen LogP contribution in [0.5, 0.6) is 0 Å². The third kappa shape index (κ3) is 4.13. The SMILES string of the molecule is O=c1c(Cl)c(NC2CCOC3(CCCCC3)C2)cnn1-c1ccc([N+](=O)[O-])cc1. The number of hydrogen-bond acceptors (Lipinski definition) is 6. The Morgan fingerprint density at radius 1 is 1.24 bits per heavy atom. The molecule has 1 N–H and O–H groups in total. The van der Waals surface area contributed by atoms with Crippen molar-refractivity contribution in [1.29, 1.82) is 0 Å². The molecular weight excluding hydrogens is 396 g/mol. The second-order valence-electron chi connectivity index (χ2n) is 7.79. The van der Waals surface area contributed by atoms with Gasteiger partial charge in [-0.05, 0) is 37.8 Å². The van der Waals surface area contributed by atoms with Crippen LogP contribution in [0, 0.1) is 10.1 Å². The van der Waals surface area contributed by atoms with Crippen molar-refractivity contribution < 1.29 is 9.66 Å². The van der Waals surface area contributed by atoms with E-state index < -0.39 is 10.5 Å². The van der Waals surface area contributed by atoms with Crippen molar-refractivity contribution in [2.75, 3.05) is 11.9 Å². The number of aromatic nitrogens is 2. The quantitative estimate of drug-likeness (QED) is 0.593. The summed E-state index contributed by atoms with van der Waals surface area (Å²) in [4.78, 5) is 23.0. The molecule has 1 atom stereocenters. The number of nitrogens with one attached hydrogen (secondary N) is 1. The van der Waals surface area contributed by atoms with Gasteiger partial charge in [-0.1, -0.05) is 30.9 Å². The highest BCUT2D eigenvalue weighted by Gasteiger charge is 2.38. The molecule has 1 saturated heterocycles. The number of rotatable bonds is 4. The van der Waals surface area contributed by atoms with Gasteiger partial charge in [0.1, 0.15) is 5.02 Å². The van der Waals surface area contributed by atoms with Crippen LogP contribution in [0.2, 0.25) is 5.02 Å². The Labute approximate surface area is 173 Å². The van der Waals surface area contributed by atoms with Crippen molar-refractivity contribution in [3.63, 3.8) is 0 Å². The minimum Gasteiger partial charge on any atom is -0.379 e. The molecule has 2 fully saturated rings. The zero-order valence-electron chi connectivity index (χ0n) is 16.0. The number of nitro benzene ring substituents is 1. The summed E-state index contributed by atoms with van der Waals surface area (Å²) >= 11 is 6.35. The maximum atomic E-state index is 12.7. The average Bonchev–Trinajstić information content (AvgIpc) is 2.72. The third-order valence-corrected chi connectivity index (χ3v) is 6.21. The Balaban J connectivity index is 1.53. The summed E-state index contributed by atoms with van der Waals surface area (Å²) in [5.74, 6) is 0. The Kier molecular flexibility index (Phi) is 5.56. The lowest BCUT2D eigenvalue weighted by molar-refractivity contribution is -0.384. The van der Waals surface area contributed by atoms with E-state index in [2.05, 4.69) is 10.4 Å². The smallest absolute Gasteiger partial charge is 0.292 e. The number of non-ortho nitro benzene ring substituents is 1. The van der Waals surface area contributed by atoms with Crippen molar-refractivity contribution in [1.82, 2.24) is 9.78 Å². The van der Waals surface area contributed by atoms with E-state index in [0.717, 1.165) is 30.4 Å². The van der Waals surface area contributed by atoms with Crippen LogP contribution in [0.15, 0.2) is 35.3 Å². The second-order valence-corrected chi connectivity index (χ2v) is 8.17. The molecular formula is C20H23ClN4O4. The Morgan fingerprint density at radius 2 is 1.97 bits per heavy atom. The van der Waals surface area contributed by atoms with E-state index in [9.17, 15) is 14.9 Å². The van der Waals surface area contributed by atoms with Gasteiger partial charge in [0.2, 0.25) is 0 Å². The molecule has 1 aliphatic carbocycles. The molecule has 8 nitrogen and oxygen atoms in total. The van der Waals surface area contributed by atoms with Gasteiger partial charge in [0, 0.05) is 24.8 Å². The lowest BCUT2D eigenvalue weighted by Crippen LogP contribution is -2.45. The molecule has 1 aromatic heterocycles. The number of anilines is 1. The van der Waals surface area contributed by atoms with Gasteiger partial charge in [-0.25, -0.2) is 0 Å². The molecule has 1 saturated carbocycles. The molecule has 4 rings (SSSR count). The Bertz CT molecular complexity index is 948. The average molecular weight is 419 g/mol. The topological polar surface area (TPSA) is 99.3 Å². The Morgan fingerprint density at radius 3 is 2.66 bits per heavy atom. The molecule has 1 unspecified atom stereocenters. The molecule has 2 heterocycles. The van der Waals surface area contributed by atoms with Gasteiger partial charge in [-0.3, -0.25) is 14.9 Å². The van der Waals surface area contributed by atoms with E-state index >= 15 is 0 Å². The number of hydrogen-bond donors (Lipinski definition) is 1. The minimum absolute atomic E-state index is 0.0534. The zero-order chi connectivity index (χ0) is 20.4. The van der Waals surface area contributed by atoms with Crippen LogP contribution in [0.25, 0.3) is 5.69 Å². The first-order valence-corrected chi connectivity index (χ1v) is 10.3. The molecule has 0 bridgehead atoms. The van der Waals surface area contributed by atoms with Crippen LogP contribution < -0.4 is 10.9 Å². The second kappa shape index (κ2) is 8.12. The summed E-state index contributed by atoms with van der Waals surface area (Å²) in [7, 11) is 0. The summed E-state index contributed by atoms with van der Waals surface area (Å²) in [6.45, 7) is 0.697. The van der Waals surface area contributed by atoms with Crippen molar-refractivity contribution in [3.8, 4) is 5.69 Å². The number of nitro groups is 1. The molecule has 0 radical (unpaired) electrons. The highest BCUT2D eigenvalue weighted by atomic mass is 35.5. The molecule has 154 valence electrons. The Hall–Kier alpha value is -2.45. The van der Waals surface area contributed by atoms with E-state index in [-0.39, 0.29) is 22.4 Å². The number of ether oxygens (including phenoxy) is 1. The van der Waals surface area contributed by atoms with Gasteiger partial charge < -0.3 is 10.1 Å². The predicted octanol–water partition coefficient (Wildman–Crippen LogP) is 4.09. The first-order valence-electron chi connectivity index (χ1n) is 9.91. The van der Waals surface area contributed by atoms with Crippen molar-refractivity contribution in [2.45, 2.75) is 56.6 Å². The highest BCUT2D eigenvalue weighted by molar-refractivity contribution is 6.33. The number of halogens is 1.